The number of benzene rings is 1. The number of rotatable bonds is 5. The van der Waals surface area contributed by atoms with Crippen molar-refractivity contribution >= 4 is 40.4 Å². The van der Waals surface area contributed by atoms with Crippen LogP contribution in [0.25, 0.3) is 5.13 Å². The van der Waals surface area contributed by atoms with Gasteiger partial charge < -0.3 is 9.88 Å². The Balaban J connectivity index is 1.57. The van der Waals surface area contributed by atoms with Crippen LogP contribution in [0, 0.1) is 0 Å². The SMILES string of the molecule is O=C(Cc1csc(-n2cccc2)n1)NCc1ccc(Cl)cc1Cl. The molecule has 2 heterocycles. The van der Waals surface area contributed by atoms with E-state index in [4.69, 9.17) is 23.2 Å². The summed E-state index contributed by atoms with van der Waals surface area (Å²) >= 11 is 13.4. The largest absolute Gasteiger partial charge is 0.352 e. The molecule has 0 atom stereocenters. The van der Waals surface area contributed by atoms with Gasteiger partial charge in [-0.3, -0.25) is 4.79 Å². The van der Waals surface area contributed by atoms with Crippen LogP contribution in [0.3, 0.4) is 0 Å². The summed E-state index contributed by atoms with van der Waals surface area (Å²) < 4.78 is 1.92. The van der Waals surface area contributed by atoms with Crippen LogP contribution in [-0.2, 0) is 17.8 Å². The predicted octanol–water partition coefficient (Wildman–Crippen LogP) is 4.10. The summed E-state index contributed by atoms with van der Waals surface area (Å²) in [5, 5.41) is 6.70. The molecule has 0 saturated carbocycles. The van der Waals surface area contributed by atoms with Crippen molar-refractivity contribution in [3.63, 3.8) is 0 Å². The van der Waals surface area contributed by atoms with Crippen LogP contribution in [0.2, 0.25) is 10.0 Å². The van der Waals surface area contributed by atoms with E-state index in [2.05, 4.69) is 10.3 Å². The number of hydrogen-bond acceptors (Lipinski definition) is 3. The minimum Gasteiger partial charge on any atom is -0.352 e. The minimum atomic E-state index is -0.0969. The Morgan fingerprint density at radius 1 is 1.26 bits per heavy atom. The molecule has 7 heteroatoms. The average molecular weight is 366 g/mol. The first-order chi connectivity index (χ1) is 11.1. The smallest absolute Gasteiger partial charge is 0.226 e. The third-order valence-corrected chi connectivity index (χ3v) is 4.69. The van der Waals surface area contributed by atoms with Gasteiger partial charge in [0.25, 0.3) is 0 Å². The van der Waals surface area contributed by atoms with Gasteiger partial charge >= 0.3 is 0 Å². The molecule has 0 unspecified atom stereocenters. The van der Waals surface area contributed by atoms with Gasteiger partial charge in [-0.1, -0.05) is 29.3 Å². The zero-order valence-corrected chi connectivity index (χ0v) is 14.3. The minimum absolute atomic E-state index is 0.0969. The van der Waals surface area contributed by atoms with Gasteiger partial charge in [-0.05, 0) is 29.8 Å². The van der Waals surface area contributed by atoms with Crippen LogP contribution in [0.5, 0.6) is 0 Å². The predicted molar refractivity (Wildman–Crippen MR) is 93.5 cm³/mol. The third-order valence-electron chi connectivity index (χ3n) is 3.20. The number of hydrogen-bond donors (Lipinski definition) is 1. The number of amides is 1. The Morgan fingerprint density at radius 2 is 2.04 bits per heavy atom. The van der Waals surface area contributed by atoms with E-state index in [9.17, 15) is 4.79 Å². The van der Waals surface area contributed by atoms with Crippen molar-refractivity contribution in [1.29, 1.82) is 0 Å². The first-order valence-corrected chi connectivity index (χ1v) is 8.54. The summed E-state index contributed by atoms with van der Waals surface area (Å²) in [5.41, 5.74) is 1.58. The summed E-state index contributed by atoms with van der Waals surface area (Å²) in [4.78, 5) is 16.5. The Hall–Kier alpha value is -1.82. The van der Waals surface area contributed by atoms with E-state index >= 15 is 0 Å². The van der Waals surface area contributed by atoms with Crippen LogP contribution >= 0.6 is 34.5 Å². The molecule has 2 aromatic heterocycles. The average Bonchev–Trinajstić information content (AvgIpc) is 3.17. The Bertz CT molecular complexity index is 815. The molecule has 3 aromatic rings. The zero-order valence-electron chi connectivity index (χ0n) is 12.0. The summed E-state index contributed by atoms with van der Waals surface area (Å²) in [6, 6.07) is 9.08. The summed E-state index contributed by atoms with van der Waals surface area (Å²) in [7, 11) is 0. The monoisotopic (exact) mass is 365 g/mol. The van der Waals surface area contributed by atoms with Crippen molar-refractivity contribution in [3.05, 3.63) is 69.4 Å². The van der Waals surface area contributed by atoms with E-state index in [1.54, 1.807) is 18.2 Å². The molecule has 3 rings (SSSR count). The maximum absolute atomic E-state index is 12.0. The Kier molecular flexibility index (Phi) is 5.00. The second-order valence-electron chi connectivity index (χ2n) is 4.90. The van der Waals surface area contributed by atoms with Crippen LogP contribution in [0.1, 0.15) is 11.3 Å². The van der Waals surface area contributed by atoms with Crippen molar-refractivity contribution < 1.29 is 4.79 Å². The standard InChI is InChI=1S/C16H13Cl2N3OS/c17-12-4-3-11(14(18)7-12)9-19-15(22)8-13-10-23-16(20-13)21-5-1-2-6-21/h1-7,10H,8-9H2,(H,19,22). The molecule has 0 aliphatic carbocycles. The highest BCUT2D eigenvalue weighted by molar-refractivity contribution is 7.12. The quantitative estimate of drug-likeness (QED) is 0.739. The molecule has 23 heavy (non-hydrogen) atoms. The molecule has 0 saturated heterocycles. The second-order valence-corrected chi connectivity index (χ2v) is 6.58. The van der Waals surface area contributed by atoms with E-state index in [1.165, 1.54) is 11.3 Å². The molecule has 1 amide bonds. The first-order valence-electron chi connectivity index (χ1n) is 6.90. The number of nitrogens with zero attached hydrogens (tertiary/aromatic N) is 2. The number of aromatic nitrogens is 2. The normalized spacial score (nSPS) is 10.7. The Labute approximate surface area is 147 Å². The fourth-order valence-corrected chi connectivity index (χ4v) is 3.31. The molecule has 1 aromatic carbocycles. The van der Waals surface area contributed by atoms with Crippen molar-refractivity contribution in [3.8, 4) is 5.13 Å². The third kappa shape index (κ3) is 4.13. The lowest BCUT2D eigenvalue weighted by Crippen LogP contribution is -2.24. The topological polar surface area (TPSA) is 46.9 Å². The zero-order chi connectivity index (χ0) is 16.2. The van der Waals surface area contributed by atoms with Crippen LogP contribution in [0.15, 0.2) is 48.1 Å². The van der Waals surface area contributed by atoms with Crippen molar-refractivity contribution in [2.45, 2.75) is 13.0 Å². The van der Waals surface area contributed by atoms with E-state index < -0.39 is 0 Å². The fraction of sp³-hybridized carbons (Fsp3) is 0.125. The number of nitrogens with one attached hydrogen (secondary N) is 1. The van der Waals surface area contributed by atoms with Crippen molar-refractivity contribution in [2.75, 3.05) is 0 Å². The van der Waals surface area contributed by atoms with Gasteiger partial charge in [0.15, 0.2) is 5.13 Å². The van der Waals surface area contributed by atoms with Crippen LogP contribution in [-0.4, -0.2) is 15.5 Å². The summed E-state index contributed by atoms with van der Waals surface area (Å²) in [5.74, 6) is -0.0969. The van der Waals surface area contributed by atoms with Crippen LogP contribution in [0.4, 0.5) is 0 Å². The van der Waals surface area contributed by atoms with Crippen molar-refractivity contribution in [2.24, 2.45) is 0 Å². The lowest BCUT2D eigenvalue weighted by atomic mass is 10.2. The molecular weight excluding hydrogens is 353 g/mol. The number of carbonyl (C=O) groups is 1. The maximum Gasteiger partial charge on any atom is 0.226 e. The number of halogens is 2. The fourth-order valence-electron chi connectivity index (χ4n) is 2.04. The van der Waals surface area contributed by atoms with Crippen molar-refractivity contribution in [1.82, 2.24) is 14.9 Å². The Morgan fingerprint density at radius 3 is 2.78 bits per heavy atom. The molecular formula is C16H13Cl2N3OS. The van der Waals surface area contributed by atoms with Gasteiger partial charge in [0, 0.05) is 34.4 Å². The molecule has 0 spiro atoms. The lowest BCUT2D eigenvalue weighted by molar-refractivity contribution is -0.120. The maximum atomic E-state index is 12.0. The highest BCUT2D eigenvalue weighted by Crippen LogP contribution is 2.21. The molecule has 118 valence electrons. The van der Waals surface area contributed by atoms with E-state index in [-0.39, 0.29) is 12.3 Å². The molecule has 4 nitrogen and oxygen atoms in total. The van der Waals surface area contributed by atoms with Crippen LogP contribution < -0.4 is 5.32 Å². The van der Waals surface area contributed by atoms with E-state index in [1.807, 2.05) is 34.5 Å². The molecule has 0 fully saturated rings. The van der Waals surface area contributed by atoms with E-state index in [0.29, 0.717) is 16.6 Å². The molecule has 0 radical (unpaired) electrons. The summed E-state index contributed by atoms with van der Waals surface area (Å²) in [6.45, 7) is 0.365. The molecule has 0 aliphatic rings. The first kappa shape index (κ1) is 16.1. The molecule has 1 N–H and O–H groups in total. The molecule has 0 bridgehead atoms. The van der Waals surface area contributed by atoms with Gasteiger partial charge in [-0.2, -0.15) is 0 Å². The number of carbonyl (C=O) groups excluding carboxylic acids is 1. The highest BCUT2D eigenvalue weighted by Gasteiger charge is 2.09. The van der Waals surface area contributed by atoms with Gasteiger partial charge in [-0.15, -0.1) is 11.3 Å². The van der Waals surface area contributed by atoms with Gasteiger partial charge in [0.1, 0.15) is 0 Å². The second kappa shape index (κ2) is 7.17. The van der Waals surface area contributed by atoms with Gasteiger partial charge in [0.05, 0.1) is 12.1 Å². The van der Waals surface area contributed by atoms with Gasteiger partial charge in [-0.25, -0.2) is 4.98 Å². The lowest BCUT2D eigenvalue weighted by Gasteiger charge is -2.06. The van der Waals surface area contributed by atoms with E-state index in [0.717, 1.165) is 16.4 Å². The van der Waals surface area contributed by atoms with Gasteiger partial charge in [0.2, 0.25) is 5.91 Å². The highest BCUT2D eigenvalue weighted by atomic mass is 35.5. The summed E-state index contributed by atoms with van der Waals surface area (Å²) in [6.07, 6.45) is 4.08. The molecule has 0 aliphatic heterocycles. The number of thiazole rings is 1.